The van der Waals surface area contributed by atoms with Crippen LogP contribution in [0.5, 0.6) is 0 Å². The van der Waals surface area contributed by atoms with E-state index in [0.29, 0.717) is 5.56 Å². The molecule has 158 valence electrons. The molecule has 0 saturated carbocycles. The Morgan fingerprint density at radius 2 is 1.80 bits per heavy atom. The average Bonchev–Trinajstić information content (AvgIpc) is 2.70. The Bertz CT molecular complexity index is 957. The molecule has 0 aliphatic carbocycles. The highest BCUT2D eigenvalue weighted by Gasteiger charge is 2.22. The molecule has 2 aromatic carbocycles. The maximum Gasteiger partial charge on any atom is 0.255 e. The van der Waals surface area contributed by atoms with Crippen LogP contribution in [0.1, 0.15) is 53.4 Å². The van der Waals surface area contributed by atoms with Gasteiger partial charge in [-0.05, 0) is 60.3 Å². The van der Waals surface area contributed by atoms with E-state index in [2.05, 4.69) is 61.0 Å². The minimum Gasteiger partial charge on any atom is -0.322 e. The number of aryl methyl sites for hydroxylation is 1. The van der Waals surface area contributed by atoms with Crippen LogP contribution in [0, 0.1) is 19.3 Å². The first-order valence-electron chi connectivity index (χ1n) is 10.6. The van der Waals surface area contributed by atoms with Gasteiger partial charge in [0.25, 0.3) is 5.91 Å². The second-order valence-corrected chi connectivity index (χ2v) is 9.33. The quantitative estimate of drug-likeness (QED) is 0.775. The standard InChI is InChI=1S/C26H33N3O/c1-7-20-16-23(11-8-19(20)2)27-25(30)21-9-10-22(24(17-21)26(3,4)5)18-29-14-12-28(6)13-15-29/h1,8-11,16-17H,12-15,18H2,2-6H3,(H,27,30). The molecule has 1 aliphatic rings. The topological polar surface area (TPSA) is 35.6 Å². The molecule has 1 saturated heterocycles. The van der Waals surface area contributed by atoms with Gasteiger partial charge >= 0.3 is 0 Å². The number of nitrogens with one attached hydrogen (secondary N) is 1. The molecule has 0 radical (unpaired) electrons. The number of amides is 1. The first-order valence-corrected chi connectivity index (χ1v) is 10.6. The van der Waals surface area contributed by atoms with Gasteiger partial charge in [-0.2, -0.15) is 0 Å². The Morgan fingerprint density at radius 3 is 2.43 bits per heavy atom. The molecule has 0 aromatic heterocycles. The van der Waals surface area contributed by atoms with Crippen LogP contribution in [-0.4, -0.2) is 48.9 Å². The van der Waals surface area contributed by atoms with E-state index in [0.717, 1.165) is 49.5 Å². The van der Waals surface area contributed by atoms with Crippen molar-refractivity contribution in [1.82, 2.24) is 9.80 Å². The van der Waals surface area contributed by atoms with Gasteiger partial charge in [-0.15, -0.1) is 6.42 Å². The molecular weight excluding hydrogens is 370 g/mol. The summed E-state index contributed by atoms with van der Waals surface area (Å²) in [5.41, 5.74) is 5.70. The molecule has 4 nitrogen and oxygen atoms in total. The summed E-state index contributed by atoms with van der Waals surface area (Å²) in [5, 5.41) is 2.99. The smallest absolute Gasteiger partial charge is 0.255 e. The highest BCUT2D eigenvalue weighted by atomic mass is 16.1. The lowest BCUT2D eigenvalue weighted by molar-refractivity contribution is 0.102. The van der Waals surface area contributed by atoms with Crippen LogP contribution in [0.15, 0.2) is 36.4 Å². The van der Waals surface area contributed by atoms with Crippen LogP contribution in [0.4, 0.5) is 5.69 Å². The summed E-state index contributed by atoms with van der Waals surface area (Å²) in [6.07, 6.45) is 5.56. The van der Waals surface area contributed by atoms with Crippen molar-refractivity contribution in [2.75, 3.05) is 38.5 Å². The van der Waals surface area contributed by atoms with Gasteiger partial charge in [-0.3, -0.25) is 9.69 Å². The summed E-state index contributed by atoms with van der Waals surface area (Å²) < 4.78 is 0. The number of carbonyl (C=O) groups excluding carboxylic acids is 1. The fourth-order valence-corrected chi connectivity index (χ4v) is 3.86. The number of likely N-dealkylation sites (N-methyl/N-ethyl adjacent to an activating group) is 1. The minimum absolute atomic E-state index is 0.0430. The van der Waals surface area contributed by atoms with E-state index < -0.39 is 0 Å². The van der Waals surface area contributed by atoms with E-state index in [4.69, 9.17) is 6.42 Å². The van der Waals surface area contributed by atoms with Crippen LogP contribution in [0.25, 0.3) is 0 Å². The number of hydrogen-bond acceptors (Lipinski definition) is 3. The minimum atomic E-state index is -0.113. The van der Waals surface area contributed by atoms with Gasteiger partial charge in [0.2, 0.25) is 0 Å². The zero-order valence-corrected chi connectivity index (χ0v) is 18.9. The predicted octanol–water partition coefficient (Wildman–Crippen LogP) is 4.27. The van der Waals surface area contributed by atoms with Gasteiger partial charge in [0.1, 0.15) is 0 Å². The summed E-state index contributed by atoms with van der Waals surface area (Å²) in [4.78, 5) is 17.8. The Kier molecular flexibility index (Phi) is 6.65. The number of terminal acetylenes is 1. The number of carbonyl (C=O) groups is 1. The van der Waals surface area contributed by atoms with Gasteiger partial charge in [-0.1, -0.05) is 38.8 Å². The summed E-state index contributed by atoms with van der Waals surface area (Å²) in [5.74, 6) is 2.56. The number of nitrogens with zero attached hydrogens (tertiary/aromatic N) is 2. The molecule has 0 bridgehead atoms. The molecule has 30 heavy (non-hydrogen) atoms. The Morgan fingerprint density at radius 1 is 1.10 bits per heavy atom. The molecule has 0 atom stereocenters. The van der Waals surface area contributed by atoms with E-state index in [9.17, 15) is 4.79 Å². The first-order chi connectivity index (χ1) is 14.2. The highest BCUT2D eigenvalue weighted by molar-refractivity contribution is 6.04. The summed E-state index contributed by atoms with van der Waals surface area (Å²) >= 11 is 0. The van der Waals surface area contributed by atoms with Crippen molar-refractivity contribution < 1.29 is 4.79 Å². The fraction of sp³-hybridized carbons (Fsp3) is 0.423. The summed E-state index contributed by atoms with van der Waals surface area (Å²) in [6.45, 7) is 13.9. The number of anilines is 1. The largest absolute Gasteiger partial charge is 0.322 e. The maximum atomic E-state index is 12.9. The molecular formula is C26H33N3O. The van der Waals surface area contributed by atoms with E-state index in [1.165, 1.54) is 11.1 Å². The second kappa shape index (κ2) is 9.04. The molecule has 4 heteroatoms. The number of benzene rings is 2. The van der Waals surface area contributed by atoms with Crippen LogP contribution in [-0.2, 0) is 12.0 Å². The van der Waals surface area contributed by atoms with Gasteiger partial charge in [0.05, 0.1) is 0 Å². The van der Waals surface area contributed by atoms with E-state index >= 15 is 0 Å². The van der Waals surface area contributed by atoms with Crippen molar-refractivity contribution in [2.24, 2.45) is 0 Å². The summed E-state index contributed by atoms with van der Waals surface area (Å²) in [6, 6.07) is 11.8. The van der Waals surface area contributed by atoms with Gasteiger partial charge in [0, 0.05) is 49.5 Å². The van der Waals surface area contributed by atoms with E-state index in [1.807, 2.05) is 31.2 Å². The second-order valence-electron chi connectivity index (χ2n) is 9.33. The molecule has 0 unspecified atom stereocenters. The SMILES string of the molecule is C#Cc1cc(NC(=O)c2ccc(CN3CCN(C)CC3)c(C(C)(C)C)c2)ccc1C. The third-order valence-corrected chi connectivity index (χ3v) is 5.82. The number of hydrogen-bond donors (Lipinski definition) is 1. The summed E-state index contributed by atoms with van der Waals surface area (Å²) in [7, 11) is 2.17. The van der Waals surface area contributed by atoms with Gasteiger partial charge in [0.15, 0.2) is 0 Å². The molecule has 0 spiro atoms. The lowest BCUT2D eigenvalue weighted by Crippen LogP contribution is -2.44. The van der Waals surface area contributed by atoms with Gasteiger partial charge in [-0.25, -0.2) is 0 Å². The molecule has 1 heterocycles. The first kappa shape index (κ1) is 22.1. The van der Waals surface area contributed by atoms with E-state index in [1.54, 1.807) is 0 Å². The Labute approximate surface area is 181 Å². The fourth-order valence-electron chi connectivity index (χ4n) is 3.86. The van der Waals surface area contributed by atoms with Crippen molar-refractivity contribution in [3.8, 4) is 12.3 Å². The molecule has 1 amide bonds. The van der Waals surface area contributed by atoms with Crippen LogP contribution in [0.2, 0.25) is 0 Å². The van der Waals surface area contributed by atoms with Crippen molar-refractivity contribution in [1.29, 1.82) is 0 Å². The third kappa shape index (κ3) is 5.30. The Hall–Kier alpha value is -2.61. The number of rotatable bonds is 4. The molecule has 1 N–H and O–H groups in total. The van der Waals surface area contributed by atoms with Crippen LogP contribution >= 0.6 is 0 Å². The normalized spacial score (nSPS) is 15.6. The Balaban J connectivity index is 1.82. The third-order valence-electron chi connectivity index (χ3n) is 5.82. The highest BCUT2D eigenvalue weighted by Crippen LogP contribution is 2.29. The lowest BCUT2D eigenvalue weighted by atomic mass is 9.82. The predicted molar refractivity (Wildman–Crippen MR) is 125 cm³/mol. The average molecular weight is 404 g/mol. The lowest BCUT2D eigenvalue weighted by Gasteiger charge is -2.34. The zero-order valence-electron chi connectivity index (χ0n) is 18.9. The van der Waals surface area contributed by atoms with Crippen molar-refractivity contribution in [3.05, 3.63) is 64.2 Å². The maximum absolute atomic E-state index is 12.9. The van der Waals surface area contributed by atoms with Crippen LogP contribution < -0.4 is 5.32 Å². The monoisotopic (exact) mass is 403 g/mol. The molecule has 2 aromatic rings. The number of piperazine rings is 1. The van der Waals surface area contributed by atoms with Crippen molar-refractivity contribution in [2.45, 2.75) is 39.7 Å². The molecule has 1 aliphatic heterocycles. The van der Waals surface area contributed by atoms with Crippen molar-refractivity contribution >= 4 is 11.6 Å². The van der Waals surface area contributed by atoms with E-state index in [-0.39, 0.29) is 11.3 Å². The zero-order chi connectivity index (χ0) is 21.9. The molecule has 1 fully saturated rings. The van der Waals surface area contributed by atoms with Crippen LogP contribution in [0.3, 0.4) is 0 Å². The van der Waals surface area contributed by atoms with Gasteiger partial charge < -0.3 is 10.2 Å². The van der Waals surface area contributed by atoms with Crippen molar-refractivity contribution in [3.63, 3.8) is 0 Å². The molecule has 3 rings (SSSR count).